The van der Waals surface area contributed by atoms with Crippen molar-refractivity contribution in [3.05, 3.63) is 17.2 Å². The summed E-state index contributed by atoms with van der Waals surface area (Å²) in [5.41, 5.74) is 2.20. The normalized spacial score (nSPS) is 21.5. The molecule has 4 nitrogen and oxygen atoms in total. The van der Waals surface area contributed by atoms with E-state index in [1.807, 2.05) is 14.0 Å². The molecule has 2 atom stereocenters. The van der Waals surface area contributed by atoms with Crippen molar-refractivity contribution in [1.82, 2.24) is 14.9 Å². The molecule has 4 heteroatoms. The van der Waals surface area contributed by atoms with Crippen LogP contribution in [0.15, 0.2) is 0 Å². The third-order valence-electron chi connectivity index (χ3n) is 4.32. The van der Waals surface area contributed by atoms with Crippen LogP contribution in [0.25, 0.3) is 0 Å². The molecule has 1 heterocycles. The molecular formula is C15H25N3O. The van der Waals surface area contributed by atoms with Gasteiger partial charge in [-0.15, -0.1) is 0 Å². The zero-order valence-electron chi connectivity index (χ0n) is 12.5. The molecule has 106 valence electrons. The van der Waals surface area contributed by atoms with Crippen molar-refractivity contribution in [2.24, 2.45) is 18.9 Å². The Kier molecular flexibility index (Phi) is 4.27. The minimum atomic E-state index is 0.208. The highest BCUT2D eigenvalue weighted by molar-refractivity contribution is 5.81. The van der Waals surface area contributed by atoms with Gasteiger partial charge < -0.3 is 9.88 Å². The van der Waals surface area contributed by atoms with E-state index in [4.69, 9.17) is 0 Å². The molecule has 1 aliphatic carbocycles. The second kappa shape index (κ2) is 5.76. The first-order valence-corrected chi connectivity index (χ1v) is 7.31. The molecule has 0 unspecified atom stereocenters. The molecule has 0 saturated heterocycles. The zero-order valence-corrected chi connectivity index (χ0v) is 12.5. The maximum Gasteiger partial charge on any atom is 0.223 e. The largest absolute Gasteiger partial charge is 0.349 e. The quantitative estimate of drug-likeness (QED) is 0.857. The number of aryl methyl sites for hydroxylation is 1. The Hall–Kier alpha value is -1.32. The van der Waals surface area contributed by atoms with Crippen molar-refractivity contribution in [1.29, 1.82) is 0 Å². The van der Waals surface area contributed by atoms with Crippen LogP contribution >= 0.6 is 0 Å². The van der Waals surface area contributed by atoms with Gasteiger partial charge in [0.15, 0.2) is 0 Å². The summed E-state index contributed by atoms with van der Waals surface area (Å²) in [6.45, 7) is 6.79. The summed E-state index contributed by atoms with van der Waals surface area (Å²) >= 11 is 0. The van der Waals surface area contributed by atoms with Crippen molar-refractivity contribution in [3.63, 3.8) is 0 Å². The van der Waals surface area contributed by atoms with Crippen LogP contribution < -0.4 is 5.32 Å². The molecule has 1 aromatic rings. The predicted molar refractivity (Wildman–Crippen MR) is 75.7 cm³/mol. The standard InChI is InChI=1S/C15H25N3O/c1-5-6-7-12-8-13(12)15(19)16-9-14-17-10(2)11(3)18(14)4/h12-13H,5-9H2,1-4H3,(H,16,19)/t12-,13+/m1/s1. The third kappa shape index (κ3) is 3.17. The van der Waals surface area contributed by atoms with Gasteiger partial charge in [0.05, 0.1) is 12.2 Å². The monoisotopic (exact) mass is 263 g/mol. The Morgan fingerprint density at radius 2 is 2.21 bits per heavy atom. The van der Waals surface area contributed by atoms with Gasteiger partial charge in [-0.2, -0.15) is 0 Å². The molecule has 0 aromatic carbocycles. The second-order valence-corrected chi connectivity index (χ2v) is 5.72. The Bertz CT molecular complexity index is 464. The number of amides is 1. The summed E-state index contributed by atoms with van der Waals surface area (Å²) in [6.07, 6.45) is 4.74. The topological polar surface area (TPSA) is 46.9 Å². The number of carbonyl (C=O) groups is 1. The van der Waals surface area contributed by atoms with Crippen molar-refractivity contribution in [3.8, 4) is 0 Å². The van der Waals surface area contributed by atoms with Crippen LogP contribution in [0.1, 0.15) is 49.8 Å². The van der Waals surface area contributed by atoms with Gasteiger partial charge in [0, 0.05) is 18.7 Å². The van der Waals surface area contributed by atoms with Crippen LogP contribution in [0.3, 0.4) is 0 Å². The third-order valence-corrected chi connectivity index (χ3v) is 4.32. The molecule has 1 N–H and O–H groups in total. The zero-order chi connectivity index (χ0) is 14.0. The van der Waals surface area contributed by atoms with Gasteiger partial charge in [-0.25, -0.2) is 4.98 Å². The van der Waals surface area contributed by atoms with E-state index >= 15 is 0 Å². The van der Waals surface area contributed by atoms with Crippen LogP contribution in [0.4, 0.5) is 0 Å². The van der Waals surface area contributed by atoms with E-state index in [1.165, 1.54) is 19.3 Å². The summed E-state index contributed by atoms with van der Waals surface area (Å²) in [5, 5.41) is 3.03. The average Bonchev–Trinajstić information content (AvgIpc) is 3.13. The lowest BCUT2D eigenvalue weighted by molar-refractivity contribution is -0.122. The Morgan fingerprint density at radius 1 is 1.47 bits per heavy atom. The van der Waals surface area contributed by atoms with Gasteiger partial charge in [-0.1, -0.05) is 19.8 Å². The van der Waals surface area contributed by atoms with Crippen LogP contribution in [-0.2, 0) is 18.4 Å². The molecule has 1 amide bonds. The van der Waals surface area contributed by atoms with Gasteiger partial charge in [-0.3, -0.25) is 4.79 Å². The van der Waals surface area contributed by atoms with E-state index in [1.54, 1.807) is 0 Å². The number of nitrogens with zero attached hydrogens (tertiary/aromatic N) is 2. The molecular weight excluding hydrogens is 238 g/mol. The lowest BCUT2D eigenvalue weighted by Crippen LogP contribution is -2.26. The summed E-state index contributed by atoms with van der Waals surface area (Å²) in [5.74, 6) is 2.03. The molecule has 0 spiro atoms. The SMILES string of the molecule is CCCC[C@@H]1C[C@@H]1C(=O)NCc1nc(C)c(C)n1C. The van der Waals surface area contributed by atoms with Crippen LogP contribution in [0.2, 0.25) is 0 Å². The second-order valence-electron chi connectivity index (χ2n) is 5.72. The highest BCUT2D eigenvalue weighted by atomic mass is 16.2. The predicted octanol–water partition coefficient (Wildman–Crippen LogP) is 2.48. The molecule has 0 bridgehead atoms. The van der Waals surface area contributed by atoms with Crippen molar-refractivity contribution in [2.45, 2.75) is 53.0 Å². The summed E-state index contributed by atoms with van der Waals surface area (Å²) in [7, 11) is 2.00. The molecule has 19 heavy (non-hydrogen) atoms. The van der Waals surface area contributed by atoms with Gasteiger partial charge in [0.1, 0.15) is 5.82 Å². The van der Waals surface area contributed by atoms with Crippen LogP contribution in [0.5, 0.6) is 0 Å². The molecule has 1 saturated carbocycles. The number of imidazole rings is 1. The number of rotatable bonds is 6. The van der Waals surface area contributed by atoms with Crippen molar-refractivity contribution in [2.75, 3.05) is 0 Å². The number of carbonyl (C=O) groups excluding carboxylic acids is 1. The summed E-state index contributed by atoms with van der Waals surface area (Å²) in [4.78, 5) is 16.5. The van der Waals surface area contributed by atoms with Crippen LogP contribution in [-0.4, -0.2) is 15.5 Å². The fourth-order valence-electron chi connectivity index (χ4n) is 2.60. The minimum Gasteiger partial charge on any atom is -0.349 e. The number of hydrogen-bond acceptors (Lipinski definition) is 2. The Morgan fingerprint density at radius 3 is 2.79 bits per heavy atom. The molecule has 1 fully saturated rings. The van der Waals surface area contributed by atoms with E-state index in [9.17, 15) is 4.79 Å². The van der Waals surface area contributed by atoms with Gasteiger partial charge in [-0.05, 0) is 32.6 Å². The molecule has 2 rings (SSSR count). The first-order chi connectivity index (χ1) is 9.04. The molecule has 0 aliphatic heterocycles. The number of nitrogens with one attached hydrogen (secondary N) is 1. The van der Waals surface area contributed by atoms with E-state index in [2.05, 4.69) is 28.7 Å². The summed E-state index contributed by atoms with van der Waals surface area (Å²) in [6, 6.07) is 0. The first kappa shape index (κ1) is 14.1. The minimum absolute atomic E-state index is 0.208. The highest BCUT2D eigenvalue weighted by Gasteiger charge is 2.41. The van der Waals surface area contributed by atoms with Crippen molar-refractivity contribution < 1.29 is 4.79 Å². The Labute approximate surface area is 115 Å². The number of aromatic nitrogens is 2. The molecule has 1 aliphatic rings. The first-order valence-electron chi connectivity index (χ1n) is 7.31. The molecule has 0 radical (unpaired) electrons. The van der Waals surface area contributed by atoms with Gasteiger partial charge in [0.25, 0.3) is 0 Å². The smallest absolute Gasteiger partial charge is 0.223 e. The fourth-order valence-corrected chi connectivity index (χ4v) is 2.60. The number of hydrogen-bond donors (Lipinski definition) is 1. The van der Waals surface area contributed by atoms with E-state index < -0.39 is 0 Å². The van der Waals surface area contributed by atoms with Gasteiger partial charge >= 0.3 is 0 Å². The Balaban J connectivity index is 1.80. The average molecular weight is 263 g/mol. The number of unbranched alkanes of at least 4 members (excludes halogenated alkanes) is 1. The van der Waals surface area contributed by atoms with E-state index in [0.717, 1.165) is 23.6 Å². The fraction of sp³-hybridized carbons (Fsp3) is 0.733. The van der Waals surface area contributed by atoms with E-state index in [-0.39, 0.29) is 11.8 Å². The lowest BCUT2D eigenvalue weighted by atomic mass is 10.1. The lowest BCUT2D eigenvalue weighted by Gasteiger charge is -2.06. The summed E-state index contributed by atoms with van der Waals surface area (Å²) < 4.78 is 2.05. The van der Waals surface area contributed by atoms with Crippen LogP contribution in [0, 0.1) is 25.7 Å². The van der Waals surface area contributed by atoms with Gasteiger partial charge in [0.2, 0.25) is 5.91 Å². The van der Waals surface area contributed by atoms with Crippen molar-refractivity contribution >= 4 is 5.91 Å². The molecule has 1 aromatic heterocycles. The highest BCUT2D eigenvalue weighted by Crippen LogP contribution is 2.42. The van der Waals surface area contributed by atoms with E-state index in [0.29, 0.717) is 12.5 Å². The maximum atomic E-state index is 12.0. The maximum absolute atomic E-state index is 12.0.